The SMILES string of the molecule is CNC(CCCC(C)(C)C)Cc1cccnc1. The fourth-order valence-electron chi connectivity index (χ4n) is 2.03. The number of nitrogens with zero attached hydrogens (tertiary/aromatic N) is 1. The van der Waals surface area contributed by atoms with Crippen LogP contribution in [0.15, 0.2) is 24.5 Å². The van der Waals surface area contributed by atoms with E-state index in [1.165, 1.54) is 24.8 Å². The Labute approximate surface area is 106 Å². The second-order valence-electron chi connectivity index (χ2n) is 6.00. The lowest BCUT2D eigenvalue weighted by molar-refractivity contribution is 0.345. The number of rotatable bonds is 6. The zero-order chi connectivity index (χ0) is 12.7. The number of hydrogen-bond acceptors (Lipinski definition) is 2. The monoisotopic (exact) mass is 234 g/mol. The molecule has 0 bridgehead atoms. The lowest BCUT2D eigenvalue weighted by Crippen LogP contribution is -2.27. The van der Waals surface area contributed by atoms with E-state index in [9.17, 15) is 0 Å². The molecule has 0 aliphatic carbocycles. The van der Waals surface area contributed by atoms with Crippen LogP contribution in [-0.2, 0) is 6.42 Å². The van der Waals surface area contributed by atoms with E-state index in [2.05, 4.69) is 44.2 Å². The average Bonchev–Trinajstić information content (AvgIpc) is 2.27. The van der Waals surface area contributed by atoms with Crippen LogP contribution in [0.2, 0.25) is 0 Å². The maximum absolute atomic E-state index is 4.16. The van der Waals surface area contributed by atoms with Crippen LogP contribution in [0.5, 0.6) is 0 Å². The first-order chi connectivity index (χ1) is 8.01. The van der Waals surface area contributed by atoms with Gasteiger partial charge in [0, 0.05) is 18.4 Å². The molecule has 1 atom stereocenters. The van der Waals surface area contributed by atoms with E-state index in [-0.39, 0.29) is 0 Å². The summed E-state index contributed by atoms with van der Waals surface area (Å²) in [5.41, 5.74) is 1.77. The molecule has 96 valence electrons. The van der Waals surface area contributed by atoms with E-state index in [1.54, 1.807) is 0 Å². The Balaban J connectivity index is 2.34. The normalized spacial score (nSPS) is 13.6. The molecule has 0 aliphatic heterocycles. The molecule has 0 aliphatic rings. The van der Waals surface area contributed by atoms with Gasteiger partial charge in [-0.25, -0.2) is 0 Å². The van der Waals surface area contributed by atoms with Crippen LogP contribution in [-0.4, -0.2) is 18.1 Å². The van der Waals surface area contributed by atoms with Crippen molar-refractivity contribution in [1.29, 1.82) is 0 Å². The van der Waals surface area contributed by atoms with E-state index in [0.717, 1.165) is 6.42 Å². The van der Waals surface area contributed by atoms with E-state index < -0.39 is 0 Å². The lowest BCUT2D eigenvalue weighted by atomic mass is 9.88. The first kappa shape index (κ1) is 14.2. The molecular weight excluding hydrogens is 208 g/mol. The maximum Gasteiger partial charge on any atom is 0.0300 e. The Morgan fingerprint density at radius 2 is 2.12 bits per heavy atom. The molecule has 1 N–H and O–H groups in total. The summed E-state index contributed by atoms with van der Waals surface area (Å²) < 4.78 is 0. The van der Waals surface area contributed by atoms with Gasteiger partial charge in [-0.15, -0.1) is 0 Å². The Kier molecular flexibility index (Phi) is 5.63. The van der Waals surface area contributed by atoms with Gasteiger partial charge in [0.2, 0.25) is 0 Å². The number of aromatic nitrogens is 1. The van der Waals surface area contributed by atoms with Gasteiger partial charge in [0.05, 0.1) is 0 Å². The standard InChI is InChI=1S/C15H26N2/c1-15(2,3)9-5-8-14(16-4)11-13-7-6-10-17-12-13/h6-7,10,12,14,16H,5,8-9,11H2,1-4H3. The van der Waals surface area contributed by atoms with Crippen molar-refractivity contribution < 1.29 is 0 Å². The number of pyridine rings is 1. The second-order valence-corrected chi connectivity index (χ2v) is 6.00. The van der Waals surface area contributed by atoms with Gasteiger partial charge >= 0.3 is 0 Å². The van der Waals surface area contributed by atoms with E-state index in [0.29, 0.717) is 11.5 Å². The molecule has 2 heteroatoms. The molecule has 0 radical (unpaired) electrons. The van der Waals surface area contributed by atoms with Crippen LogP contribution in [0.25, 0.3) is 0 Å². The van der Waals surface area contributed by atoms with Crippen molar-refractivity contribution in [3.63, 3.8) is 0 Å². The predicted molar refractivity (Wildman–Crippen MR) is 74.1 cm³/mol. The molecule has 1 rings (SSSR count). The van der Waals surface area contributed by atoms with Gasteiger partial charge < -0.3 is 5.32 Å². The van der Waals surface area contributed by atoms with Crippen molar-refractivity contribution in [2.45, 2.75) is 52.5 Å². The van der Waals surface area contributed by atoms with Crippen molar-refractivity contribution in [1.82, 2.24) is 10.3 Å². The summed E-state index contributed by atoms with van der Waals surface area (Å²) in [6, 6.07) is 4.74. The molecule has 1 aromatic rings. The summed E-state index contributed by atoms with van der Waals surface area (Å²) in [6.07, 6.45) is 8.69. The smallest absolute Gasteiger partial charge is 0.0300 e. The molecule has 0 spiro atoms. The quantitative estimate of drug-likeness (QED) is 0.815. The van der Waals surface area contributed by atoms with Crippen molar-refractivity contribution in [3.05, 3.63) is 30.1 Å². The van der Waals surface area contributed by atoms with Crippen LogP contribution in [0.1, 0.15) is 45.6 Å². The van der Waals surface area contributed by atoms with Gasteiger partial charge in [-0.1, -0.05) is 33.3 Å². The fraction of sp³-hybridized carbons (Fsp3) is 0.667. The van der Waals surface area contributed by atoms with Crippen molar-refractivity contribution in [2.24, 2.45) is 5.41 Å². The van der Waals surface area contributed by atoms with Gasteiger partial charge in [0.15, 0.2) is 0 Å². The third-order valence-corrected chi connectivity index (χ3v) is 3.09. The number of nitrogens with one attached hydrogen (secondary N) is 1. The molecule has 0 fully saturated rings. The molecule has 1 heterocycles. The van der Waals surface area contributed by atoms with E-state index in [4.69, 9.17) is 0 Å². The summed E-state index contributed by atoms with van der Waals surface area (Å²) in [5.74, 6) is 0. The zero-order valence-electron chi connectivity index (χ0n) is 11.7. The van der Waals surface area contributed by atoms with Crippen LogP contribution < -0.4 is 5.32 Å². The van der Waals surface area contributed by atoms with Crippen molar-refractivity contribution in [2.75, 3.05) is 7.05 Å². The van der Waals surface area contributed by atoms with Gasteiger partial charge in [-0.3, -0.25) is 4.98 Å². The Morgan fingerprint density at radius 3 is 2.65 bits per heavy atom. The molecular formula is C15H26N2. The Hall–Kier alpha value is -0.890. The largest absolute Gasteiger partial charge is 0.317 e. The van der Waals surface area contributed by atoms with E-state index >= 15 is 0 Å². The summed E-state index contributed by atoms with van der Waals surface area (Å²) >= 11 is 0. The van der Waals surface area contributed by atoms with E-state index in [1.807, 2.05) is 18.5 Å². The molecule has 0 saturated carbocycles. The number of likely N-dealkylation sites (N-methyl/N-ethyl adjacent to an activating group) is 1. The molecule has 0 amide bonds. The maximum atomic E-state index is 4.16. The minimum Gasteiger partial charge on any atom is -0.317 e. The molecule has 0 aromatic carbocycles. The minimum atomic E-state index is 0.451. The first-order valence-corrected chi connectivity index (χ1v) is 6.57. The Morgan fingerprint density at radius 1 is 1.35 bits per heavy atom. The van der Waals surface area contributed by atoms with Gasteiger partial charge in [0.25, 0.3) is 0 Å². The molecule has 1 unspecified atom stereocenters. The topological polar surface area (TPSA) is 24.9 Å². The molecule has 2 nitrogen and oxygen atoms in total. The first-order valence-electron chi connectivity index (χ1n) is 6.57. The van der Waals surface area contributed by atoms with Gasteiger partial charge in [0.1, 0.15) is 0 Å². The highest BCUT2D eigenvalue weighted by Gasteiger charge is 2.12. The van der Waals surface area contributed by atoms with Gasteiger partial charge in [-0.2, -0.15) is 0 Å². The molecule has 17 heavy (non-hydrogen) atoms. The third kappa shape index (κ3) is 6.42. The fourth-order valence-corrected chi connectivity index (χ4v) is 2.03. The summed E-state index contributed by atoms with van der Waals surface area (Å²) in [7, 11) is 2.05. The lowest BCUT2D eigenvalue weighted by Gasteiger charge is -2.21. The summed E-state index contributed by atoms with van der Waals surface area (Å²) in [4.78, 5) is 4.16. The highest BCUT2D eigenvalue weighted by Crippen LogP contribution is 2.22. The molecule has 1 aromatic heterocycles. The average molecular weight is 234 g/mol. The zero-order valence-corrected chi connectivity index (χ0v) is 11.7. The predicted octanol–water partition coefficient (Wildman–Crippen LogP) is 3.43. The minimum absolute atomic E-state index is 0.451. The van der Waals surface area contributed by atoms with Crippen molar-refractivity contribution in [3.8, 4) is 0 Å². The van der Waals surface area contributed by atoms with Crippen LogP contribution in [0.4, 0.5) is 0 Å². The highest BCUT2D eigenvalue weighted by molar-refractivity contribution is 5.10. The van der Waals surface area contributed by atoms with Crippen LogP contribution in [0.3, 0.4) is 0 Å². The molecule has 0 saturated heterocycles. The van der Waals surface area contributed by atoms with Crippen LogP contribution >= 0.6 is 0 Å². The van der Waals surface area contributed by atoms with Crippen LogP contribution in [0, 0.1) is 5.41 Å². The van der Waals surface area contributed by atoms with Crippen molar-refractivity contribution >= 4 is 0 Å². The third-order valence-electron chi connectivity index (χ3n) is 3.09. The summed E-state index contributed by atoms with van der Waals surface area (Å²) in [6.45, 7) is 6.92. The summed E-state index contributed by atoms with van der Waals surface area (Å²) in [5, 5.41) is 3.41. The second kappa shape index (κ2) is 6.75. The Bertz CT molecular complexity index is 300. The number of hydrogen-bond donors (Lipinski definition) is 1. The van der Waals surface area contributed by atoms with Gasteiger partial charge in [-0.05, 0) is 43.4 Å². The highest BCUT2D eigenvalue weighted by atomic mass is 14.9.